The van der Waals surface area contributed by atoms with Crippen LogP contribution in [0.5, 0.6) is 5.75 Å². The van der Waals surface area contributed by atoms with Crippen LogP contribution in [-0.4, -0.2) is 32.8 Å². The van der Waals surface area contributed by atoms with Crippen LogP contribution in [0.1, 0.15) is 23.2 Å². The van der Waals surface area contributed by atoms with E-state index in [2.05, 4.69) is 5.32 Å². The average Bonchev–Trinajstić information content (AvgIpc) is 2.46. The van der Waals surface area contributed by atoms with Gasteiger partial charge in [-0.1, -0.05) is 11.6 Å². The minimum Gasteiger partial charge on any atom is -0.496 e. The van der Waals surface area contributed by atoms with Crippen LogP contribution in [0.2, 0.25) is 5.02 Å². The van der Waals surface area contributed by atoms with Crippen LogP contribution < -0.4 is 10.1 Å². The van der Waals surface area contributed by atoms with E-state index in [1.54, 1.807) is 25.3 Å². The summed E-state index contributed by atoms with van der Waals surface area (Å²) in [5.74, 6) is 0.877. The Bertz CT molecular complexity index is 444. The van der Waals surface area contributed by atoms with Crippen molar-refractivity contribution < 1.29 is 14.3 Å². The van der Waals surface area contributed by atoms with Gasteiger partial charge < -0.3 is 14.8 Å². The molecule has 0 unspecified atom stereocenters. The van der Waals surface area contributed by atoms with Crippen molar-refractivity contribution in [1.29, 1.82) is 0 Å². The highest BCUT2D eigenvalue weighted by molar-refractivity contribution is 6.31. The summed E-state index contributed by atoms with van der Waals surface area (Å²) < 4.78 is 10.5. The fourth-order valence-corrected chi connectivity index (χ4v) is 2.31. The summed E-state index contributed by atoms with van der Waals surface area (Å²) in [5.41, 5.74) is 0.474. The summed E-state index contributed by atoms with van der Waals surface area (Å²) in [7, 11) is 1.54. The Labute approximate surface area is 118 Å². The van der Waals surface area contributed by atoms with E-state index in [4.69, 9.17) is 21.1 Å². The molecule has 1 amide bonds. The van der Waals surface area contributed by atoms with Crippen LogP contribution >= 0.6 is 11.6 Å². The van der Waals surface area contributed by atoms with Crippen molar-refractivity contribution in [2.24, 2.45) is 5.92 Å². The van der Waals surface area contributed by atoms with Gasteiger partial charge in [0.2, 0.25) is 0 Å². The summed E-state index contributed by atoms with van der Waals surface area (Å²) in [6, 6.07) is 5.03. The van der Waals surface area contributed by atoms with E-state index in [0.717, 1.165) is 26.1 Å². The molecule has 1 aromatic rings. The number of rotatable bonds is 4. The molecule has 0 saturated carbocycles. The van der Waals surface area contributed by atoms with Crippen molar-refractivity contribution in [2.45, 2.75) is 12.8 Å². The van der Waals surface area contributed by atoms with Gasteiger partial charge in [-0.2, -0.15) is 0 Å². The molecule has 1 aliphatic heterocycles. The molecule has 0 atom stereocenters. The lowest BCUT2D eigenvalue weighted by molar-refractivity contribution is 0.0642. The second-order valence-corrected chi connectivity index (χ2v) is 5.05. The summed E-state index contributed by atoms with van der Waals surface area (Å²) in [6.45, 7) is 2.22. The molecule has 1 aliphatic rings. The number of benzene rings is 1. The molecule has 1 aromatic carbocycles. The van der Waals surface area contributed by atoms with Gasteiger partial charge in [0.25, 0.3) is 5.91 Å². The Hall–Kier alpha value is -1.26. The third-order valence-corrected chi connectivity index (χ3v) is 3.53. The molecule has 0 spiro atoms. The standard InChI is InChI=1S/C14H18ClNO3/c1-18-13-3-2-11(15)8-12(13)14(17)16-9-10-4-6-19-7-5-10/h2-3,8,10H,4-7,9H2,1H3,(H,16,17). The normalized spacial score (nSPS) is 16.1. The van der Waals surface area contributed by atoms with Gasteiger partial charge in [0, 0.05) is 24.8 Å². The van der Waals surface area contributed by atoms with E-state index in [1.807, 2.05) is 0 Å². The number of halogens is 1. The second kappa shape index (κ2) is 6.78. The summed E-state index contributed by atoms with van der Waals surface area (Å²) >= 11 is 5.91. The molecular formula is C14H18ClNO3. The monoisotopic (exact) mass is 283 g/mol. The van der Waals surface area contributed by atoms with Gasteiger partial charge in [0.15, 0.2) is 0 Å². The first-order valence-electron chi connectivity index (χ1n) is 6.40. The van der Waals surface area contributed by atoms with Gasteiger partial charge in [0.1, 0.15) is 5.75 Å². The molecule has 1 heterocycles. The molecule has 0 radical (unpaired) electrons. The maximum absolute atomic E-state index is 12.1. The van der Waals surface area contributed by atoms with E-state index in [0.29, 0.717) is 28.8 Å². The lowest BCUT2D eigenvalue weighted by Crippen LogP contribution is -2.32. The fourth-order valence-electron chi connectivity index (χ4n) is 2.14. The van der Waals surface area contributed by atoms with Crippen molar-refractivity contribution in [3.8, 4) is 5.75 Å². The zero-order chi connectivity index (χ0) is 13.7. The Morgan fingerprint density at radius 2 is 2.21 bits per heavy atom. The predicted octanol–water partition coefficient (Wildman–Crippen LogP) is 2.51. The predicted molar refractivity (Wildman–Crippen MR) is 73.9 cm³/mol. The minimum atomic E-state index is -0.147. The van der Waals surface area contributed by atoms with Crippen LogP contribution in [-0.2, 0) is 4.74 Å². The lowest BCUT2D eigenvalue weighted by atomic mass is 10.0. The average molecular weight is 284 g/mol. The molecular weight excluding hydrogens is 266 g/mol. The van der Waals surface area contributed by atoms with Gasteiger partial charge in [-0.15, -0.1) is 0 Å². The molecule has 1 fully saturated rings. The summed E-state index contributed by atoms with van der Waals surface area (Å²) in [4.78, 5) is 12.1. The van der Waals surface area contributed by atoms with E-state index in [-0.39, 0.29) is 5.91 Å². The molecule has 19 heavy (non-hydrogen) atoms. The minimum absolute atomic E-state index is 0.147. The number of amides is 1. The molecule has 2 rings (SSSR count). The first-order chi connectivity index (χ1) is 9.20. The first kappa shape index (κ1) is 14.2. The van der Waals surface area contributed by atoms with Crippen LogP contribution in [0.3, 0.4) is 0 Å². The number of hydrogen-bond acceptors (Lipinski definition) is 3. The molecule has 1 N–H and O–H groups in total. The van der Waals surface area contributed by atoms with Crippen LogP contribution in [0.15, 0.2) is 18.2 Å². The van der Waals surface area contributed by atoms with Crippen molar-refractivity contribution in [3.63, 3.8) is 0 Å². The van der Waals surface area contributed by atoms with E-state index < -0.39 is 0 Å². The topological polar surface area (TPSA) is 47.6 Å². The lowest BCUT2D eigenvalue weighted by Gasteiger charge is -2.22. The Balaban J connectivity index is 1.97. The van der Waals surface area contributed by atoms with E-state index >= 15 is 0 Å². The van der Waals surface area contributed by atoms with E-state index in [1.165, 1.54) is 0 Å². The SMILES string of the molecule is COc1ccc(Cl)cc1C(=O)NCC1CCOCC1. The number of ether oxygens (including phenoxy) is 2. The van der Waals surface area contributed by atoms with Gasteiger partial charge in [-0.3, -0.25) is 4.79 Å². The zero-order valence-corrected chi connectivity index (χ0v) is 11.7. The van der Waals surface area contributed by atoms with Gasteiger partial charge in [0.05, 0.1) is 12.7 Å². The molecule has 104 valence electrons. The Kier molecular flexibility index (Phi) is 5.05. The highest BCUT2D eigenvalue weighted by atomic mass is 35.5. The summed E-state index contributed by atoms with van der Waals surface area (Å²) in [5, 5.41) is 3.46. The maximum atomic E-state index is 12.1. The van der Waals surface area contributed by atoms with Crippen molar-refractivity contribution >= 4 is 17.5 Å². The molecule has 0 aliphatic carbocycles. The quantitative estimate of drug-likeness (QED) is 0.924. The van der Waals surface area contributed by atoms with Crippen molar-refractivity contribution in [2.75, 3.05) is 26.9 Å². The molecule has 5 heteroatoms. The van der Waals surface area contributed by atoms with E-state index in [9.17, 15) is 4.79 Å². The van der Waals surface area contributed by atoms with Gasteiger partial charge in [-0.05, 0) is 37.0 Å². The van der Waals surface area contributed by atoms with Crippen molar-refractivity contribution in [1.82, 2.24) is 5.32 Å². The molecule has 0 bridgehead atoms. The Morgan fingerprint density at radius 3 is 2.89 bits per heavy atom. The molecule has 1 saturated heterocycles. The fraction of sp³-hybridized carbons (Fsp3) is 0.500. The third-order valence-electron chi connectivity index (χ3n) is 3.30. The van der Waals surface area contributed by atoms with Crippen LogP contribution in [0, 0.1) is 5.92 Å². The summed E-state index contributed by atoms with van der Waals surface area (Å²) in [6.07, 6.45) is 1.99. The zero-order valence-electron chi connectivity index (χ0n) is 10.9. The van der Waals surface area contributed by atoms with Gasteiger partial charge >= 0.3 is 0 Å². The number of carbonyl (C=O) groups is 1. The highest BCUT2D eigenvalue weighted by Crippen LogP contribution is 2.22. The number of hydrogen-bond donors (Lipinski definition) is 1. The van der Waals surface area contributed by atoms with Crippen LogP contribution in [0.25, 0.3) is 0 Å². The van der Waals surface area contributed by atoms with Gasteiger partial charge in [-0.25, -0.2) is 0 Å². The maximum Gasteiger partial charge on any atom is 0.255 e. The number of carbonyl (C=O) groups excluding carboxylic acids is 1. The number of nitrogens with one attached hydrogen (secondary N) is 1. The third kappa shape index (κ3) is 3.85. The highest BCUT2D eigenvalue weighted by Gasteiger charge is 2.17. The first-order valence-corrected chi connectivity index (χ1v) is 6.78. The number of methoxy groups -OCH3 is 1. The molecule has 0 aromatic heterocycles. The molecule has 4 nitrogen and oxygen atoms in total. The van der Waals surface area contributed by atoms with Crippen LogP contribution in [0.4, 0.5) is 0 Å². The smallest absolute Gasteiger partial charge is 0.255 e. The second-order valence-electron chi connectivity index (χ2n) is 4.61. The largest absolute Gasteiger partial charge is 0.496 e. The van der Waals surface area contributed by atoms with Crippen molar-refractivity contribution in [3.05, 3.63) is 28.8 Å². The Morgan fingerprint density at radius 1 is 1.47 bits per heavy atom.